The van der Waals surface area contributed by atoms with E-state index in [1.807, 2.05) is 38.2 Å². The first kappa shape index (κ1) is 25.0. The fourth-order valence-corrected chi connectivity index (χ4v) is 3.51. The van der Waals surface area contributed by atoms with Crippen molar-refractivity contribution in [2.45, 2.75) is 45.2 Å². The molecule has 0 spiro atoms. The summed E-state index contributed by atoms with van der Waals surface area (Å²) in [4.78, 5) is 9.09. The topological polar surface area (TPSA) is 81.0 Å². The standard InChI is InChI=1S/C22H32F2N5OP/c1-4-9-25-13-26-22(27-15(3)12-30)29-17-8-7-16-6-5-14(2)18(11-21(23)24)28-19(16)10-20(17)31/h4,6-10,14,17-18,21,25,30H,3,5,11-13,31H2,1-2H3,(H2,26,27,29)/b9-4+. The van der Waals surface area contributed by atoms with Gasteiger partial charge in [-0.1, -0.05) is 37.8 Å². The van der Waals surface area contributed by atoms with Crippen molar-refractivity contribution >= 4 is 20.9 Å². The highest BCUT2D eigenvalue weighted by molar-refractivity contribution is 7.22. The number of rotatable bonds is 8. The van der Waals surface area contributed by atoms with Crippen LogP contribution in [0.15, 0.2) is 69.7 Å². The maximum Gasteiger partial charge on any atom is 0.240 e. The average Bonchev–Trinajstić information content (AvgIpc) is 2.95. The molecular weight excluding hydrogens is 419 g/mol. The van der Waals surface area contributed by atoms with E-state index in [0.29, 0.717) is 30.5 Å². The number of allylic oxidation sites excluding steroid dienone is 5. The van der Waals surface area contributed by atoms with Crippen LogP contribution in [0, 0.1) is 5.92 Å². The number of nitrogens with one attached hydrogen (secondary N) is 3. The van der Waals surface area contributed by atoms with Gasteiger partial charge in [0, 0.05) is 12.1 Å². The van der Waals surface area contributed by atoms with Crippen molar-refractivity contribution in [1.82, 2.24) is 16.0 Å². The Bertz CT molecular complexity index is 817. The lowest BCUT2D eigenvalue weighted by atomic mass is 9.96. The number of halogens is 2. The summed E-state index contributed by atoms with van der Waals surface area (Å²) in [6, 6.07) is -0.647. The molecule has 0 bridgehead atoms. The highest BCUT2D eigenvalue weighted by atomic mass is 31.0. The predicted molar refractivity (Wildman–Crippen MR) is 127 cm³/mol. The minimum atomic E-state index is -2.38. The van der Waals surface area contributed by atoms with Crippen LogP contribution in [0.25, 0.3) is 0 Å². The summed E-state index contributed by atoms with van der Waals surface area (Å²) >= 11 is 0. The van der Waals surface area contributed by atoms with E-state index < -0.39 is 12.5 Å². The van der Waals surface area contributed by atoms with Crippen LogP contribution in [-0.2, 0) is 0 Å². The zero-order chi connectivity index (χ0) is 22.8. The Morgan fingerprint density at radius 1 is 1.48 bits per heavy atom. The van der Waals surface area contributed by atoms with Crippen molar-refractivity contribution in [3.05, 3.63) is 59.7 Å². The van der Waals surface area contributed by atoms with Crippen molar-refractivity contribution < 1.29 is 13.9 Å². The van der Waals surface area contributed by atoms with Gasteiger partial charge in [0.1, 0.15) is 6.67 Å². The third-order valence-electron chi connectivity index (χ3n) is 4.91. The molecule has 9 heteroatoms. The van der Waals surface area contributed by atoms with Crippen molar-refractivity contribution in [3.63, 3.8) is 0 Å². The van der Waals surface area contributed by atoms with Gasteiger partial charge in [0.15, 0.2) is 5.96 Å². The third-order valence-corrected chi connectivity index (χ3v) is 5.43. The van der Waals surface area contributed by atoms with E-state index in [2.05, 4.69) is 47.8 Å². The summed E-state index contributed by atoms with van der Waals surface area (Å²) in [6.45, 7) is 7.72. The average molecular weight is 452 g/mol. The maximum atomic E-state index is 13.0. The summed E-state index contributed by atoms with van der Waals surface area (Å²) in [5, 5.41) is 19.5. The Labute approximate surface area is 185 Å². The van der Waals surface area contributed by atoms with Gasteiger partial charge in [0.05, 0.1) is 24.4 Å². The number of aliphatic imine (C=N–C) groups is 2. The number of hydrogen-bond donors (Lipinski definition) is 4. The SMILES string of the molecule is C=C(CO)NC(=NCN/C=C/C)NC1C=CC2=CCC(C)C(CC(F)F)N=C2C=C1P. The zero-order valence-corrected chi connectivity index (χ0v) is 19.1. The molecule has 6 nitrogen and oxygen atoms in total. The van der Waals surface area contributed by atoms with E-state index in [1.165, 1.54) is 0 Å². The molecule has 170 valence electrons. The van der Waals surface area contributed by atoms with Crippen molar-refractivity contribution in [2.24, 2.45) is 15.9 Å². The number of aliphatic hydroxyl groups is 1. The van der Waals surface area contributed by atoms with E-state index in [9.17, 15) is 13.9 Å². The van der Waals surface area contributed by atoms with E-state index >= 15 is 0 Å². The smallest absolute Gasteiger partial charge is 0.240 e. The van der Waals surface area contributed by atoms with Gasteiger partial charge in [-0.15, -0.1) is 9.24 Å². The molecule has 0 aromatic carbocycles. The molecule has 4 N–H and O–H groups in total. The van der Waals surface area contributed by atoms with Crippen LogP contribution in [-0.4, -0.2) is 48.6 Å². The predicted octanol–water partition coefficient (Wildman–Crippen LogP) is 3.24. The second-order valence-electron chi connectivity index (χ2n) is 7.46. The fourth-order valence-electron chi connectivity index (χ4n) is 3.16. The molecule has 4 unspecified atom stereocenters. The van der Waals surface area contributed by atoms with E-state index in [4.69, 9.17) is 0 Å². The Kier molecular flexibility index (Phi) is 10.1. The highest BCUT2D eigenvalue weighted by Gasteiger charge is 2.25. The highest BCUT2D eigenvalue weighted by Crippen LogP contribution is 2.28. The van der Waals surface area contributed by atoms with Gasteiger partial charge in [-0.25, -0.2) is 13.8 Å². The van der Waals surface area contributed by atoms with E-state index in [-0.39, 0.29) is 25.0 Å². The molecule has 2 rings (SSSR count). The molecule has 0 aromatic rings. The summed E-state index contributed by atoms with van der Waals surface area (Å²) in [5.74, 6) is 0.503. The van der Waals surface area contributed by atoms with Crippen molar-refractivity contribution in [3.8, 4) is 0 Å². The Morgan fingerprint density at radius 3 is 2.94 bits per heavy atom. The van der Waals surface area contributed by atoms with Gasteiger partial charge < -0.3 is 21.1 Å². The lowest BCUT2D eigenvalue weighted by Gasteiger charge is -2.20. The van der Waals surface area contributed by atoms with Gasteiger partial charge in [-0.05, 0) is 42.4 Å². The lowest BCUT2D eigenvalue weighted by molar-refractivity contribution is 0.120. The molecule has 0 aromatic heterocycles. The number of aliphatic hydroxyl groups excluding tert-OH is 1. The first-order chi connectivity index (χ1) is 14.8. The van der Waals surface area contributed by atoms with Gasteiger partial charge in [-0.3, -0.25) is 4.99 Å². The molecule has 4 atom stereocenters. The summed E-state index contributed by atoms with van der Waals surface area (Å²) in [7, 11) is 2.69. The van der Waals surface area contributed by atoms with Crippen LogP contribution in [0.2, 0.25) is 0 Å². The molecule has 31 heavy (non-hydrogen) atoms. The first-order valence-electron chi connectivity index (χ1n) is 10.3. The normalized spacial score (nSPS) is 24.0. The Balaban J connectivity index is 2.25. The largest absolute Gasteiger partial charge is 0.390 e. The zero-order valence-electron chi connectivity index (χ0n) is 18.0. The van der Waals surface area contributed by atoms with Crippen LogP contribution >= 0.6 is 9.24 Å². The quantitative estimate of drug-likeness (QED) is 0.198. The molecular formula is C22H32F2N5OP. The van der Waals surface area contributed by atoms with E-state index in [0.717, 1.165) is 10.9 Å². The number of fused-ring (bicyclic) bond motifs is 1. The van der Waals surface area contributed by atoms with Gasteiger partial charge >= 0.3 is 0 Å². The van der Waals surface area contributed by atoms with Crippen LogP contribution in [0.3, 0.4) is 0 Å². The van der Waals surface area contributed by atoms with Gasteiger partial charge in [0.2, 0.25) is 6.43 Å². The molecule has 2 aliphatic rings. The second-order valence-corrected chi connectivity index (χ2v) is 8.13. The van der Waals surface area contributed by atoms with Gasteiger partial charge in [-0.2, -0.15) is 0 Å². The van der Waals surface area contributed by atoms with Crippen LogP contribution in [0.4, 0.5) is 8.78 Å². The number of guanidine groups is 1. The fraction of sp³-hybridized carbons (Fsp3) is 0.455. The summed E-state index contributed by atoms with van der Waals surface area (Å²) in [6.07, 6.45) is 9.62. The first-order valence-corrected chi connectivity index (χ1v) is 10.8. The molecule has 1 aliphatic carbocycles. The van der Waals surface area contributed by atoms with Crippen molar-refractivity contribution in [2.75, 3.05) is 13.3 Å². The lowest BCUT2D eigenvalue weighted by Crippen LogP contribution is -2.43. The molecule has 0 fully saturated rings. The van der Waals surface area contributed by atoms with E-state index in [1.54, 1.807) is 6.20 Å². The Hall–Kier alpha value is -2.31. The Morgan fingerprint density at radius 2 is 2.26 bits per heavy atom. The molecule has 0 saturated heterocycles. The summed E-state index contributed by atoms with van der Waals surface area (Å²) in [5.41, 5.74) is 2.04. The molecule has 0 amide bonds. The maximum absolute atomic E-state index is 13.0. The molecule has 1 heterocycles. The number of nitrogens with zero attached hydrogens (tertiary/aromatic N) is 2. The third kappa shape index (κ3) is 8.04. The van der Waals surface area contributed by atoms with Crippen molar-refractivity contribution in [1.29, 1.82) is 0 Å². The molecule has 1 aliphatic heterocycles. The summed E-state index contributed by atoms with van der Waals surface area (Å²) < 4.78 is 26.0. The molecule has 0 radical (unpaired) electrons. The molecule has 0 saturated carbocycles. The van der Waals surface area contributed by atoms with Gasteiger partial charge in [0.25, 0.3) is 0 Å². The van der Waals surface area contributed by atoms with Crippen LogP contribution in [0.1, 0.15) is 26.7 Å². The minimum Gasteiger partial charge on any atom is -0.390 e. The number of hydrogen-bond acceptors (Lipinski definition) is 4. The monoisotopic (exact) mass is 451 g/mol. The number of alkyl halides is 2. The second kappa shape index (κ2) is 12.5. The van der Waals surface area contributed by atoms with Crippen LogP contribution < -0.4 is 16.0 Å². The minimum absolute atomic E-state index is 0.0571. The van der Waals surface area contributed by atoms with Crippen LogP contribution in [0.5, 0.6) is 0 Å².